The minimum atomic E-state index is 0. The molecular formula is C8H10Br2N2S. The van der Waals surface area contributed by atoms with Crippen molar-refractivity contribution in [2.45, 2.75) is 6.54 Å². The van der Waals surface area contributed by atoms with Gasteiger partial charge < -0.3 is 28.0 Å². The normalized spacial score (nSPS) is 8.77. The molecule has 0 unspecified atom stereocenters. The van der Waals surface area contributed by atoms with Gasteiger partial charge in [0.2, 0.25) is 0 Å². The molecule has 0 spiro atoms. The fourth-order valence-electron chi connectivity index (χ4n) is 0.803. The van der Waals surface area contributed by atoms with E-state index in [4.69, 9.17) is 12.2 Å². The Hall–Kier alpha value is 0.0300. The second-order valence-electron chi connectivity index (χ2n) is 2.40. The van der Waals surface area contributed by atoms with Crippen LogP contribution in [0.5, 0.6) is 0 Å². The first-order chi connectivity index (χ1) is 5.68. The number of benzene rings is 1. The van der Waals surface area contributed by atoms with E-state index in [-0.39, 0.29) is 17.0 Å². The molecule has 72 valence electrons. The molecule has 0 aliphatic rings. The van der Waals surface area contributed by atoms with Crippen molar-refractivity contribution in [1.29, 1.82) is 0 Å². The van der Waals surface area contributed by atoms with Gasteiger partial charge in [0.05, 0.1) is 0 Å². The molecule has 1 aromatic carbocycles. The predicted molar refractivity (Wildman–Crippen MR) is 56.5 cm³/mol. The average molecular weight is 326 g/mol. The minimum Gasteiger partial charge on any atom is -1.00 e. The smallest absolute Gasteiger partial charge is 0.265 e. The quantitative estimate of drug-likeness (QED) is 0.622. The number of nitrogens with one attached hydrogen (secondary N) is 1. The van der Waals surface area contributed by atoms with Crippen LogP contribution in [-0.4, -0.2) is 5.11 Å². The van der Waals surface area contributed by atoms with Gasteiger partial charge in [-0.05, 0) is 17.7 Å². The van der Waals surface area contributed by atoms with Gasteiger partial charge in [0.15, 0.2) is 0 Å². The van der Waals surface area contributed by atoms with Crippen molar-refractivity contribution in [3.05, 3.63) is 34.3 Å². The van der Waals surface area contributed by atoms with Gasteiger partial charge in [-0.2, -0.15) is 0 Å². The summed E-state index contributed by atoms with van der Waals surface area (Å²) in [5.41, 5.74) is 4.78. The Morgan fingerprint density at radius 2 is 1.92 bits per heavy atom. The van der Waals surface area contributed by atoms with E-state index in [1.165, 1.54) is 5.56 Å². The largest absolute Gasteiger partial charge is 1.00 e. The van der Waals surface area contributed by atoms with Crippen molar-refractivity contribution in [2.24, 2.45) is 0 Å². The van der Waals surface area contributed by atoms with Crippen LogP contribution in [0.25, 0.3) is 0 Å². The van der Waals surface area contributed by atoms with Crippen molar-refractivity contribution in [3.8, 4) is 0 Å². The van der Waals surface area contributed by atoms with Crippen LogP contribution >= 0.6 is 28.1 Å². The van der Waals surface area contributed by atoms with E-state index < -0.39 is 0 Å². The third-order valence-corrected chi connectivity index (χ3v) is 2.08. The molecule has 4 N–H and O–H groups in total. The lowest BCUT2D eigenvalue weighted by atomic mass is 10.2. The molecule has 5 heteroatoms. The predicted octanol–water partition coefficient (Wildman–Crippen LogP) is -1.93. The SMILES string of the molecule is [Br-].[NH3+]C(=S)NCc1ccc(Br)cc1. The maximum atomic E-state index is 4.79. The molecule has 0 heterocycles. The summed E-state index contributed by atoms with van der Waals surface area (Å²) in [7, 11) is 0. The van der Waals surface area contributed by atoms with Crippen LogP contribution in [0.2, 0.25) is 0 Å². The second kappa shape index (κ2) is 6.48. The Morgan fingerprint density at radius 1 is 1.38 bits per heavy atom. The summed E-state index contributed by atoms with van der Waals surface area (Å²) in [6.07, 6.45) is 0. The van der Waals surface area contributed by atoms with Crippen molar-refractivity contribution in [2.75, 3.05) is 0 Å². The summed E-state index contributed by atoms with van der Waals surface area (Å²) in [4.78, 5) is 0. The van der Waals surface area contributed by atoms with E-state index in [1.54, 1.807) is 0 Å². The van der Waals surface area contributed by atoms with Crippen LogP contribution in [0.4, 0.5) is 0 Å². The number of halogens is 2. The number of hydrogen-bond donors (Lipinski definition) is 2. The minimum absolute atomic E-state index is 0. The number of rotatable bonds is 2. The molecule has 0 aliphatic carbocycles. The lowest BCUT2D eigenvalue weighted by Crippen LogP contribution is -3.00. The first kappa shape index (κ1) is 13.0. The topological polar surface area (TPSA) is 39.7 Å². The van der Waals surface area contributed by atoms with Crippen LogP contribution < -0.4 is 28.0 Å². The van der Waals surface area contributed by atoms with Crippen LogP contribution in [0.1, 0.15) is 5.56 Å². The number of quaternary nitrogens is 1. The van der Waals surface area contributed by atoms with Crippen LogP contribution in [0.15, 0.2) is 28.7 Å². The van der Waals surface area contributed by atoms with Crippen molar-refractivity contribution in [3.63, 3.8) is 0 Å². The Balaban J connectivity index is 0.00000144. The highest BCUT2D eigenvalue weighted by atomic mass is 79.9. The Kier molecular flexibility index (Phi) is 6.49. The zero-order valence-corrected chi connectivity index (χ0v) is 10.9. The summed E-state index contributed by atoms with van der Waals surface area (Å²) in [6, 6.07) is 8.08. The fourth-order valence-corrected chi connectivity index (χ4v) is 1.14. The first-order valence-corrected chi connectivity index (χ1v) is 4.73. The molecule has 1 aromatic rings. The molecule has 1 rings (SSSR count). The Bertz CT molecular complexity index is 274. The maximum Gasteiger partial charge on any atom is 0.265 e. The van der Waals surface area contributed by atoms with Gasteiger partial charge in [-0.15, -0.1) is 0 Å². The van der Waals surface area contributed by atoms with Gasteiger partial charge in [-0.25, -0.2) is 0 Å². The standard InChI is InChI=1S/C8H9BrN2S.BrH/c9-7-3-1-6(2-4-7)5-11-8(10)12;/h1-4H,5H2,(H3,10,11,12);1H. The van der Waals surface area contributed by atoms with Crippen molar-refractivity contribution < 1.29 is 22.7 Å². The third-order valence-electron chi connectivity index (χ3n) is 1.40. The highest BCUT2D eigenvalue weighted by Gasteiger charge is 1.93. The lowest BCUT2D eigenvalue weighted by molar-refractivity contribution is -0.215. The molecule has 13 heavy (non-hydrogen) atoms. The van der Waals surface area contributed by atoms with Gasteiger partial charge in [0.1, 0.15) is 0 Å². The van der Waals surface area contributed by atoms with E-state index in [0.717, 1.165) is 11.0 Å². The molecule has 0 atom stereocenters. The molecule has 0 aliphatic heterocycles. The second-order valence-corrected chi connectivity index (χ2v) is 3.81. The molecule has 0 amide bonds. The van der Waals surface area contributed by atoms with E-state index in [0.29, 0.717) is 5.11 Å². The summed E-state index contributed by atoms with van der Waals surface area (Å²) >= 11 is 8.16. The summed E-state index contributed by atoms with van der Waals surface area (Å²) in [5.74, 6) is 0. The van der Waals surface area contributed by atoms with Crippen LogP contribution in [0.3, 0.4) is 0 Å². The number of thiocarbonyl (C=S) groups is 1. The number of hydrogen-bond acceptors (Lipinski definition) is 1. The highest BCUT2D eigenvalue weighted by Crippen LogP contribution is 2.09. The Labute approximate surface area is 102 Å². The van der Waals surface area contributed by atoms with Gasteiger partial charge in [-0.3, -0.25) is 0 Å². The summed E-state index contributed by atoms with van der Waals surface area (Å²) in [5, 5.41) is 3.57. The van der Waals surface area contributed by atoms with Crippen molar-refractivity contribution >= 4 is 33.3 Å². The van der Waals surface area contributed by atoms with Gasteiger partial charge in [0.25, 0.3) is 5.11 Å². The first-order valence-electron chi connectivity index (χ1n) is 3.53. The zero-order valence-electron chi connectivity index (χ0n) is 6.89. The molecule has 0 saturated heterocycles. The molecule has 0 bridgehead atoms. The zero-order chi connectivity index (χ0) is 8.97. The molecule has 2 nitrogen and oxygen atoms in total. The van der Waals surface area contributed by atoms with Gasteiger partial charge >= 0.3 is 0 Å². The molecular weight excluding hydrogens is 316 g/mol. The van der Waals surface area contributed by atoms with Gasteiger partial charge in [-0.1, -0.05) is 28.1 Å². The fraction of sp³-hybridized carbons (Fsp3) is 0.125. The van der Waals surface area contributed by atoms with E-state index >= 15 is 0 Å². The Morgan fingerprint density at radius 3 is 2.38 bits per heavy atom. The molecule has 0 radical (unpaired) electrons. The van der Waals surface area contributed by atoms with Crippen LogP contribution in [0, 0.1) is 0 Å². The lowest BCUT2D eigenvalue weighted by Gasteiger charge is -2.00. The van der Waals surface area contributed by atoms with E-state index in [9.17, 15) is 0 Å². The molecule has 0 saturated carbocycles. The summed E-state index contributed by atoms with van der Waals surface area (Å²) < 4.78 is 1.09. The van der Waals surface area contributed by atoms with E-state index in [2.05, 4.69) is 27.0 Å². The monoisotopic (exact) mass is 324 g/mol. The molecule has 0 aromatic heterocycles. The van der Waals surface area contributed by atoms with E-state index in [1.807, 2.05) is 24.3 Å². The average Bonchev–Trinajstić information content (AvgIpc) is 2.03. The summed E-state index contributed by atoms with van der Waals surface area (Å²) in [6.45, 7) is 0.746. The third kappa shape index (κ3) is 5.36. The highest BCUT2D eigenvalue weighted by molar-refractivity contribution is 9.10. The maximum absolute atomic E-state index is 4.79. The molecule has 0 fully saturated rings. The van der Waals surface area contributed by atoms with Crippen LogP contribution in [-0.2, 0) is 6.54 Å². The van der Waals surface area contributed by atoms with Crippen molar-refractivity contribution in [1.82, 2.24) is 5.32 Å². The van der Waals surface area contributed by atoms with Gasteiger partial charge in [0, 0.05) is 23.2 Å².